The molecule has 76 valence electrons. The third kappa shape index (κ3) is 2.02. The predicted molar refractivity (Wildman–Crippen MR) is 46.4 cm³/mol. The molecular formula is C7H4ClFO4S. The highest BCUT2D eigenvalue weighted by Gasteiger charge is 2.21. The molecule has 4 nitrogen and oxygen atoms in total. The lowest BCUT2D eigenvalue weighted by molar-refractivity contribution is 0.0691. The van der Waals surface area contributed by atoms with Crippen LogP contribution < -0.4 is 0 Å². The Kier molecular flexibility index (Phi) is 2.77. The summed E-state index contributed by atoms with van der Waals surface area (Å²) >= 11 is 0. The van der Waals surface area contributed by atoms with Crippen molar-refractivity contribution in [2.75, 3.05) is 0 Å². The minimum atomic E-state index is -4.26. The molecule has 0 heterocycles. The van der Waals surface area contributed by atoms with E-state index in [4.69, 9.17) is 15.8 Å². The summed E-state index contributed by atoms with van der Waals surface area (Å²) in [6.45, 7) is 0. The van der Waals surface area contributed by atoms with Crippen molar-refractivity contribution in [2.24, 2.45) is 0 Å². The van der Waals surface area contributed by atoms with Crippen molar-refractivity contribution in [2.45, 2.75) is 4.90 Å². The molecule has 0 fully saturated rings. The Morgan fingerprint density at radius 3 is 2.43 bits per heavy atom. The Balaban J connectivity index is 3.51. The van der Waals surface area contributed by atoms with Crippen molar-refractivity contribution in [3.8, 4) is 0 Å². The van der Waals surface area contributed by atoms with E-state index in [1.54, 1.807) is 0 Å². The van der Waals surface area contributed by atoms with Gasteiger partial charge in [-0.15, -0.1) is 0 Å². The van der Waals surface area contributed by atoms with E-state index in [0.717, 1.165) is 18.2 Å². The molecule has 0 saturated heterocycles. The van der Waals surface area contributed by atoms with E-state index in [1.165, 1.54) is 0 Å². The number of halogens is 2. The van der Waals surface area contributed by atoms with Gasteiger partial charge in [-0.05, 0) is 12.1 Å². The fourth-order valence-corrected chi connectivity index (χ4v) is 1.79. The van der Waals surface area contributed by atoms with Crippen LogP contribution in [0, 0.1) is 5.82 Å². The van der Waals surface area contributed by atoms with Crippen LogP contribution in [0.15, 0.2) is 23.1 Å². The van der Waals surface area contributed by atoms with Crippen molar-refractivity contribution >= 4 is 25.7 Å². The fraction of sp³-hybridized carbons (Fsp3) is 0. The summed E-state index contributed by atoms with van der Waals surface area (Å²) in [6.07, 6.45) is 0. The number of carbonyl (C=O) groups is 1. The largest absolute Gasteiger partial charge is 0.478 e. The third-order valence-electron chi connectivity index (χ3n) is 1.46. The lowest BCUT2D eigenvalue weighted by Crippen LogP contribution is -2.05. The maximum Gasteiger partial charge on any atom is 0.338 e. The van der Waals surface area contributed by atoms with Gasteiger partial charge in [-0.25, -0.2) is 17.6 Å². The van der Waals surface area contributed by atoms with Crippen LogP contribution >= 0.6 is 10.7 Å². The highest BCUT2D eigenvalue weighted by atomic mass is 35.7. The molecule has 0 aliphatic rings. The average molecular weight is 239 g/mol. The molecule has 1 N–H and O–H groups in total. The van der Waals surface area contributed by atoms with Crippen molar-refractivity contribution in [1.82, 2.24) is 0 Å². The molecule has 0 aliphatic heterocycles. The topological polar surface area (TPSA) is 71.4 Å². The minimum Gasteiger partial charge on any atom is -0.478 e. The summed E-state index contributed by atoms with van der Waals surface area (Å²) in [5.41, 5.74) is -0.730. The van der Waals surface area contributed by atoms with Gasteiger partial charge in [0.1, 0.15) is 4.90 Å². The first-order valence-electron chi connectivity index (χ1n) is 3.30. The van der Waals surface area contributed by atoms with Crippen LogP contribution in [0.25, 0.3) is 0 Å². The van der Waals surface area contributed by atoms with Gasteiger partial charge in [0.2, 0.25) is 0 Å². The molecule has 0 saturated carbocycles. The number of carboxylic acid groups (broad SMARTS) is 1. The standard InChI is InChI=1S/C7H4ClFO4S/c8-14(12,13)5-3-1-2-4(6(5)9)7(10)11/h1-3H,(H,10,11). The van der Waals surface area contributed by atoms with E-state index in [0.29, 0.717) is 0 Å². The van der Waals surface area contributed by atoms with Gasteiger partial charge in [-0.2, -0.15) is 0 Å². The Morgan fingerprint density at radius 1 is 1.43 bits per heavy atom. The first-order chi connectivity index (χ1) is 6.34. The van der Waals surface area contributed by atoms with Crippen LogP contribution in [0.5, 0.6) is 0 Å². The second-order valence-electron chi connectivity index (χ2n) is 2.36. The van der Waals surface area contributed by atoms with E-state index in [2.05, 4.69) is 0 Å². The monoisotopic (exact) mass is 238 g/mol. The first-order valence-corrected chi connectivity index (χ1v) is 5.61. The predicted octanol–water partition coefficient (Wildman–Crippen LogP) is 1.45. The Morgan fingerprint density at radius 2 is 2.00 bits per heavy atom. The Hall–Kier alpha value is -1.14. The SMILES string of the molecule is O=C(O)c1cccc(S(=O)(=O)Cl)c1F. The molecule has 0 aliphatic carbocycles. The van der Waals surface area contributed by atoms with Gasteiger partial charge in [0.15, 0.2) is 5.82 Å². The normalized spacial score (nSPS) is 11.3. The molecule has 0 radical (unpaired) electrons. The van der Waals surface area contributed by atoms with Crippen LogP contribution in [0.2, 0.25) is 0 Å². The highest BCUT2D eigenvalue weighted by molar-refractivity contribution is 8.13. The molecule has 7 heteroatoms. The molecule has 14 heavy (non-hydrogen) atoms. The van der Waals surface area contributed by atoms with E-state index in [9.17, 15) is 17.6 Å². The fourth-order valence-electron chi connectivity index (χ4n) is 0.864. The van der Waals surface area contributed by atoms with Crippen molar-refractivity contribution in [1.29, 1.82) is 0 Å². The first kappa shape index (κ1) is 10.9. The molecule has 0 amide bonds. The maximum atomic E-state index is 13.2. The van der Waals surface area contributed by atoms with E-state index in [-0.39, 0.29) is 0 Å². The Labute approximate surface area is 83.4 Å². The van der Waals surface area contributed by atoms with Gasteiger partial charge < -0.3 is 5.11 Å². The van der Waals surface area contributed by atoms with E-state index < -0.39 is 31.3 Å². The van der Waals surface area contributed by atoms with Gasteiger partial charge >= 0.3 is 5.97 Å². The smallest absolute Gasteiger partial charge is 0.338 e. The average Bonchev–Trinajstić information content (AvgIpc) is 2.01. The molecule has 1 aromatic rings. The molecule has 1 rings (SSSR count). The number of hydrogen-bond acceptors (Lipinski definition) is 3. The molecule has 0 bridgehead atoms. The van der Waals surface area contributed by atoms with Gasteiger partial charge in [0.05, 0.1) is 5.56 Å². The third-order valence-corrected chi connectivity index (χ3v) is 2.80. The zero-order chi connectivity index (χ0) is 10.9. The number of carboxylic acids is 1. The quantitative estimate of drug-likeness (QED) is 0.792. The summed E-state index contributed by atoms with van der Waals surface area (Å²) in [6, 6.07) is 2.94. The molecule has 0 spiro atoms. The summed E-state index contributed by atoms with van der Waals surface area (Å²) in [7, 11) is 0.624. The van der Waals surface area contributed by atoms with Crippen LogP contribution in [0.1, 0.15) is 10.4 Å². The lowest BCUT2D eigenvalue weighted by atomic mass is 10.2. The minimum absolute atomic E-state index is 0.730. The number of benzene rings is 1. The van der Waals surface area contributed by atoms with Gasteiger partial charge in [-0.1, -0.05) is 6.07 Å². The zero-order valence-electron chi connectivity index (χ0n) is 6.57. The molecule has 0 atom stereocenters. The summed E-state index contributed by atoms with van der Waals surface area (Å²) in [5.74, 6) is -2.90. The highest BCUT2D eigenvalue weighted by Crippen LogP contribution is 2.21. The molecular weight excluding hydrogens is 235 g/mol. The van der Waals surface area contributed by atoms with Gasteiger partial charge in [-0.3, -0.25) is 0 Å². The van der Waals surface area contributed by atoms with Crippen LogP contribution in [0.3, 0.4) is 0 Å². The summed E-state index contributed by atoms with van der Waals surface area (Å²) < 4.78 is 34.7. The van der Waals surface area contributed by atoms with Crippen LogP contribution in [0.4, 0.5) is 4.39 Å². The molecule has 0 aromatic heterocycles. The molecule has 0 unspecified atom stereocenters. The van der Waals surface area contributed by atoms with Gasteiger partial charge in [0, 0.05) is 10.7 Å². The van der Waals surface area contributed by atoms with Crippen LogP contribution in [-0.2, 0) is 9.05 Å². The number of aromatic carboxylic acids is 1. The second-order valence-corrected chi connectivity index (χ2v) is 4.90. The van der Waals surface area contributed by atoms with E-state index in [1.807, 2.05) is 0 Å². The summed E-state index contributed by atoms with van der Waals surface area (Å²) in [5, 5.41) is 8.48. The summed E-state index contributed by atoms with van der Waals surface area (Å²) in [4.78, 5) is 9.59. The lowest BCUT2D eigenvalue weighted by Gasteiger charge is -2.01. The van der Waals surface area contributed by atoms with E-state index >= 15 is 0 Å². The second kappa shape index (κ2) is 3.55. The number of rotatable bonds is 2. The maximum absolute atomic E-state index is 13.2. The zero-order valence-corrected chi connectivity index (χ0v) is 8.14. The number of hydrogen-bond donors (Lipinski definition) is 1. The van der Waals surface area contributed by atoms with Crippen LogP contribution in [-0.4, -0.2) is 19.5 Å². The molecule has 1 aromatic carbocycles. The van der Waals surface area contributed by atoms with Crippen molar-refractivity contribution in [3.63, 3.8) is 0 Å². The Bertz CT molecular complexity index is 482. The van der Waals surface area contributed by atoms with Crippen molar-refractivity contribution < 1.29 is 22.7 Å². The van der Waals surface area contributed by atoms with Gasteiger partial charge in [0.25, 0.3) is 9.05 Å². The van der Waals surface area contributed by atoms with Crippen molar-refractivity contribution in [3.05, 3.63) is 29.6 Å².